The van der Waals surface area contributed by atoms with Gasteiger partial charge in [-0.25, -0.2) is 9.59 Å². The average molecular weight is 437 g/mol. The lowest BCUT2D eigenvalue weighted by Crippen LogP contribution is -2.27. The summed E-state index contributed by atoms with van der Waals surface area (Å²) in [4.78, 5) is 62.2. The summed E-state index contributed by atoms with van der Waals surface area (Å²) in [5.41, 5.74) is -1.50. The SMILES string of the molecule is O=c1[nH]c(-n2cccc2)c(-c2c(-c3cccc(Cl)c3)[nH]c3[nH]c(=O)[nH]c(=O)c23)c(=O)[nH]1. The van der Waals surface area contributed by atoms with E-state index in [4.69, 9.17) is 11.6 Å². The van der Waals surface area contributed by atoms with Crippen molar-refractivity contribution in [2.75, 3.05) is 0 Å². The van der Waals surface area contributed by atoms with Crippen LogP contribution in [-0.2, 0) is 0 Å². The highest BCUT2D eigenvalue weighted by Crippen LogP contribution is 2.37. The van der Waals surface area contributed by atoms with Gasteiger partial charge in [-0.15, -0.1) is 0 Å². The van der Waals surface area contributed by atoms with E-state index in [0.717, 1.165) is 0 Å². The van der Waals surface area contributed by atoms with Crippen LogP contribution in [0.4, 0.5) is 0 Å². The number of H-pyrrole nitrogens is 5. The molecule has 5 N–H and O–H groups in total. The summed E-state index contributed by atoms with van der Waals surface area (Å²) < 4.78 is 1.55. The zero-order valence-electron chi connectivity index (χ0n) is 15.6. The van der Waals surface area contributed by atoms with Gasteiger partial charge in [0.15, 0.2) is 0 Å². The van der Waals surface area contributed by atoms with Gasteiger partial charge in [-0.05, 0) is 24.3 Å². The Labute approximate surface area is 176 Å². The molecule has 0 bridgehead atoms. The van der Waals surface area contributed by atoms with Crippen LogP contribution in [-0.4, -0.2) is 29.5 Å². The molecule has 0 radical (unpaired) electrons. The molecule has 0 unspecified atom stereocenters. The Morgan fingerprint density at radius 2 is 1.45 bits per heavy atom. The quantitative estimate of drug-likeness (QED) is 0.292. The molecule has 11 heteroatoms. The van der Waals surface area contributed by atoms with Crippen LogP contribution in [0, 0.1) is 0 Å². The first-order valence-corrected chi connectivity index (χ1v) is 9.44. The number of hydrogen-bond donors (Lipinski definition) is 5. The Hall–Kier alpha value is -4.31. The largest absolute Gasteiger partial charge is 0.340 e. The van der Waals surface area contributed by atoms with E-state index in [2.05, 4.69) is 24.9 Å². The molecule has 31 heavy (non-hydrogen) atoms. The van der Waals surface area contributed by atoms with Crippen LogP contribution in [0.3, 0.4) is 0 Å². The third kappa shape index (κ3) is 3.06. The second kappa shape index (κ2) is 6.89. The number of benzene rings is 1. The second-order valence-corrected chi connectivity index (χ2v) is 7.20. The molecular formula is C20H13ClN6O4. The molecule has 0 amide bonds. The van der Waals surface area contributed by atoms with Gasteiger partial charge in [-0.3, -0.25) is 29.5 Å². The Morgan fingerprint density at radius 3 is 2.19 bits per heavy atom. The fourth-order valence-corrected chi connectivity index (χ4v) is 3.82. The Kier molecular flexibility index (Phi) is 4.15. The van der Waals surface area contributed by atoms with Gasteiger partial charge in [0.25, 0.3) is 11.1 Å². The molecule has 0 aliphatic carbocycles. The topological polar surface area (TPSA) is 152 Å². The van der Waals surface area contributed by atoms with Gasteiger partial charge < -0.3 is 9.55 Å². The van der Waals surface area contributed by atoms with E-state index in [1.54, 1.807) is 53.4 Å². The van der Waals surface area contributed by atoms with Gasteiger partial charge in [0.05, 0.1) is 16.6 Å². The molecule has 154 valence electrons. The molecular weight excluding hydrogens is 424 g/mol. The van der Waals surface area contributed by atoms with Crippen LogP contribution >= 0.6 is 11.6 Å². The molecule has 5 rings (SSSR count). The minimum absolute atomic E-state index is 0.0366. The summed E-state index contributed by atoms with van der Waals surface area (Å²) in [6.07, 6.45) is 3.29. The zero-order chi connectivity index (χ0) is 21.7. The minimum Gasteiger partial charge on any atom is -0.340 e. The van der Waals surface area contributed by atoms with Gasteiger partial charge in [0, 0.05) is 28.5 Å². The minimum atomic E-state index is -0.706. The van der Waals surface area contributed by atoms with E-state index in [1.165, 1.54) is 0 Å². The van der Waals surface area contributed by atoms with Crippen molar-refractivity contribution < 1.29 is 0 Å². The average Bonchev–Trinajstić information content (AvgIpc) is 3.35. The van der Waals surface area contributed by atoms with Gasteiger partial charge in [0.2, 0.25) is 0 Å². The maximum Gasteiger partial charge on any atom is 0.327 e. The maximum atomic E-state index is 13.0. The fraction of sp³-hybridized carbons (Fsp3) is 0. The second-order valence-electron chi connectivity index (χ2n) is 6.77. The molecule has 0 aliphatic rings. The zero-order valence-corrected chi connectivity index (χ0v) is 16.3. The number of fused-ring (bicyclic) bond motifs is 1. The molecule has 4 heterocycles. The van der Waals surface area contributed by atoms with Crippen molar-refractivity contribution in [1.82, 2.24) is 29.5 Å². The molecule has 0 aliphatic heterocycles. The van der Waals surface area contributed by atoms with E-state index in [9.17, 15) is 19.2 Å². The molecule has 1 aromatic carbocycles. The van der Waals surface area contributed by atoms with Crippen molar-refractivity contribution in [2.45, 2.75) is 0 Å². The van der Waals surface area contributed by atoms with E-state index in [-0.39, 0.29) is 28.0 Å². The van der Waals surface area contributed by atoms with Gasteiger partial charge in [-0.1, -0.05) is 23.7 Å². The predicted octanol–water partition coefficient (Wildman–Crippen LogP) is 1.70. The number of halogens is 1. The third-order valence-corrected chi connectivity index (χ3v) is 5.08. The number of nitrogens with one attached hydrogen (secondary N) is 5. The van der Waals surface area contributed by atoms with E-state index < -0.39 is 22.5 Å². The fourth-order valence-electron chi connectivity index (χ4n) is 3.63. The Bertz CT molecular complexity index is 1680. The molecule has 0 atom stereocenters. The molecule has 5 aromatic rings. The lowest BCUT2D eigenvalue weighted by atomic mass is 10.0. The molecule has 0 saturated heterocycles. The van der Waals surface area contributed by atoms with Crippen molar-refractivity contribution in [3.63, 3.8) is 0 Å². The van der Waals surface area contributed by atoms with Crippen LogP contribution in [0.15, 0.2) is 68.0 Å². The highest BCUT2D eigenvalue weighted by Gasteiger charge is 2.25. The highest BCUT2D eigenvalue weighted by molar-refractivity contribution is 6.30. The number of aromatic nitrogens is 6. The van der Waals surface area contributed by atoms with Crippen LogP contribution in [0.1, 0.15) is 0 Å². The van der Waals surface area contributed by atoms with Gasteiger partial charge in [-0.2, -0.15) is 0 Å². The molecule has 0 fully saturated rings. The number of hydrogen-bond acceptors (Lipinski definition) is 4. The summed E-state index contributed by atoms with van der Waals surface area (Å²) in [6.45, 7) is 0. The highest BCUT2D eigenvalue weighted by atomic mass is 35.5. The van der Waals surface area contributed by atoms with Crippen LogP contribution in [0.2, 0.25) is 5.02 Å². The van der Waals surface area contributed by atoms with E-state index >= 15 is 0 Å². The van der Waals surface area contributed by atoms with Crippen molar-refractivity contribution in [3.05, 3.63) is 95.5 Å². The molecule has 0 spiro atoms. The number of nitrogens with zero attached hydrogens (tertiary/aromatic N) is 1. The van der Waals surface area contributed by atoms with Crippen molar-refractivity contribution in [1.29, 1.82) is 0 Å². The van der Waals surface area contributed by atoms with E-state index in [0.29, 0.717) is 16.3 Å². The monoisotopic (exact) mass is 436 g/mol. The standard InChI is InChI=1S/C20H13ClN6O4/c21-10-5-3-4-9(8-10)14-11(12-15(22-14)23-19(30)25-17(12)28)13-16(27-6-1-2-7-27)24-20(31)26-18(13)29/h1-8H,(H2,24,26,29,31)(H3,22,23,25,28,30). The summed E-state index contributed by atoms with van der Waals surface area (Å²) in [5.74, 6) is 0.161. The maximum absolute atomic E-state index is 13.0. The molecule has 4 aromatic heterocycles. The number of rotatable bonds is 3. The smallest absolute Gasteiger partial charge is 0.327 e. The van der Waals surface area contributed by atoms with Gasteiger partial charge >= 0.3 is 11.4 Å². The lowest BCUT2D eigenvalue weighted by Gasteiger charge is -2.11. The summed E-state index contributed by atoms with van der Waals surface area (Å²) in [6, 6.07) is 10.2. The van der Waals surface area contributed by atoms with Crippen LogP contribution < -0.4 is 22.5 Å². The first kappa shape index (κ1) is 18.7. The van der Waals surface area contributed by atoms with Crippen LogP contribution in [0.25, 0.3) is 39.2 Å². The summed E-state index contributed by atoms with van der Waals surface area (Å²) in [5, 5.41) is 0.492. The predicted molar refractivity (Wildman–Crippen MR) is 116 cm³/mol. The van der Waals surface area contributed by atoms with Crippen molar-refractivity contribution in [2.24, 2.45) is 0 Å². The third-order valence-electron chi connectivity index (χ3n) is 4.84. The molecule has 10 nitrogen and oxygen atoms in total. The van der Waals surface area contributed by atoms with Crippen molar-refractivity contribution in [3.8, 4) is 28.2 Å². The first-order chi connectivity index (χ1) is 14.9. The first-order valence-electron chi connectivity index (χ1n) is 9.07. The Balaban J connectivity index is 2.00. The van der Waals surface area contributed by atoms with Crippen LogP contribution in [0.5, 0.6) is 0 Å². The lowest BCUT2D eigenvalue weighted by molar-refractivity contribution is 0.938. The summed E-state index contributed by atoms with van der Waals surface area (Å²) >= 11 is 6.15. The van der Waals surface area contributed by atoms with Gasteiger partial charge in [0.1, 0.15) is 11.5 Å². The molecule has 0 saturated carbocycles. The van der Waals surface area contributed by atoms with E-state index in [1.807, 2.05) is 0 Å². The van der Waals surface area contributed by atoms with Crippen molar-refractivity contribution >= 4 is 22.6 Å². The Morgan fingerprint density at radius 1 is 0.742 bits per heavy atom. The normalized spacial score (nSPS) is 11.3. The summed E-state index contributed by atoms with van der Waals surface area (Å²) in [7, 11) is 0. The number of aromatic amines is 5.